The second-order valence-corrected chi connectivity index (χ2v) is 5.96. The van der Waals surface area contributed by atoms with Gasteiger partial charge in [0.25, 0.3) is 0 Å². The summed E-state index contributed by atoms with van der Waals surface area (Å²) in [6.07, 6.45) is 1.00. The lowest BCUT2D eigenvalue weighted by atomic mass is 10.3. The molecule has 0 aliphatic carbocycles. The molecule has 0 atom stereocenters. The van der Waals surface area contributed by atoms with Gasteiger partial charge in [-0.2, -0.15) is 4.98 Å². The predicted octanol–water partition coefficient (Wildman–Crippen LogP) is 3.68. The predicted molar refractivity (Wildman–Crippen MR) is 93.1 cm³/mol. The minimum absolute atomic E-state index is 0.0720. The fraction of sp³-hybridized carbons (Fsp3) is 0.375. The minimum atomic E-state index is -0.445. The third kappa shape index (κ3) is 5.65. The lowest BCUT2D eigenvalue weighted by Gasteiger charge is -2.12. The average Bonchev–Trinajstić information content (AvgIpc) is 2.47. The van der Waals surface area contributed by atoms with E-state index in [0.29, 0.717) is 17.5 Å². The lowest BCUT2D eigenvalue weighted by molar-refractivity contribution is 0.405. The van der Waals surface area contributed by atoms with E-state index in [4.69, 9.17) is 11.6 Å². The van der Waals surface area contributed by atoms with E-state index in [2.05, 4.69) is 25.5 Å². The molecule has 0 aliphatic rings. The zero-order valence-corrected chi connectivity index (χ0v) is 14.3. The van der Waals surface area contributed by atoms with Gasteiger partial charge in [-0.3, -0.25) is 0 Å². The van der Waals surface area contributed by atoms with Gasteiger partial charge in [0, 0.05) is 24.0 Å². The Bertz CT molecular complexity index is 663. The maximum atomic E-state index is 13.2. The van der Waals surface area contributed by atoms with E-state index >= 15 is 0 Å². The van der Waals surface area contributed by atoms with Gasteiger partial charge in [0.1, 0.15) is 11.6 Å². The molecule has 1 aromatic heterocycles. The van der Waals surface area contributed by atoms with Crippen molar-refractivity contribution in [3.63, 3.8) is 0 Å². The Morgan fingerprint density at radius 1 is 1.22 bits per heavy atom. The van der Waals surface area contributed by atoms with Crippen molar-refractivity contribution in [2.45, 2.75) is 13.3 Å². The number of hydrogen-bond acceptors (Lipinski definition) is 5. The van der Waals surface area contributed by atoms with Crippen LogP contribution >= 0.6 is 11.6 Å². The van der Waals surface area contributed by atoms with Crippen LogP contribution in [0.2, 0.25) is 5.02 Å². The molecule has 0 unspecified atom stereocenters. The van der Waals surface area contributed by atoms with Gasteiger partial charge in [-0.25, -0.2) is 9.37 Å². The van der Waals surface area contributed by atoms with E-state index in [1.165, 1.54) is 12.1 Å². The smallest absolute Gasteiger partial charge is 0.224 e. The highest BCUT2D eigenvalue weighted by Crippen LogP contribution is 2.22. The molecule has 2 rings (SSSR count). The average molecular weight is 338 g/mol. The van der Waals surface area contributed by atoms with Gasteiger partial charge in [-0.15, -0.1) is 0 Å². The number of rotatable bonds is 7. The number of aromatic nitrogens is 2. The van der Waals surface area contributed by atoms with Crippen molar-refractivity contribution in [2.24, 2.45) is 0 Å². The highest BCUT2D eigenvalue weighted by molar-refractivity contribution is 6.31. The van der Waals surface area contributed by atoms with Crippen LogP contribution in [0.4, 0.5) is 21.8 Å². The number of hydrogen-bond donors (Lipinski definition) is 2. The van der Waals surface area contributed by atoms with Gasteiger partial charge in [0.05, 0.1) is 5.02 Å². The molecule has 1 heterocycles. The van der Waals surface area contributed by atoms with Crippen molar-refractivity contribution in [1.82, 2.24) is 14.9 Å². The summed E-state index contributed by atoms with van der Waals surface area (Å²) in [6.45, 7) is 3.69. The third-order valence-corrected chi connectivity index (χ3v) is 3.40. The van der Waals surface area contributed by atoms with Crippen molar-refractivity contribution in [1.29, 1.82) is 0 Å². The Kier molecular flexibility index (Phi) is 6.12. The second kappa shape index (κ2) is 8.08. The lowest BCUT2D eigenvalue weighted by Crippen LogP contribution is -2.17. The van der Waals surface area contributed by atoms with Crippen LogP contribution in [0, 0.1) is 12.7 Å². The van der Waals surface area contributed by atoms with Gasteiger partial charge in [0.15, 0.2) is 0 Å². The summed E-state index contributed by atoms with van der Waals surface area (Å²) in [7, 11) is 4.08. The fourth-order valence-corrected chi connectivity index (χ4v) is 2.21. The second-order valence-electron chi connectivity index (χ2n) is 5.56. The van der Waals surface area contributed by atoms with Gasteiger partial charge in [-0.1, -0.05) is 11.6 Å². The topological polar surface area (TPSA) is 53.1 Å². The summed E-state index contributed by atoms with van der Waals surface area (Å²) >= 11 is 5.79. The summed E-state index contributed by atoms with van der Waals surface area (Å²) in [4.78, 5) is 10.9. The van der Waals surface area contributed by atoms with Gasteiger partial charge < -0.3 is 15.5 Å². The van der Waals surface area contributed by atoms with E-state index in [1.54, 1.807) is 6.07 Å². The van der Waals surface area contributed by atoms with Crippen LogP contribution in [0.5, 0.6) is 0 Å². The van der Waals surface area contributed by atoms with Gasteiger partial charge >= 0.3 is 0 Å². The summed E-state index contributed by atoms with van der Waals surface area (Å²) < 4.78 is 13.2. The van der Waals surface area contributed by atoms with Crippen LogP contribution in [0.15, 0.2) is 24.3 Å². The molecule has 124 valence electrons. The Labute approximate surface area is 140 Å². The highest BCUT2D eigenvalue weighted by atomic mass is 35.5. The first-order chi connectivity index (χ1) is 10.9. The zero-order valence-electron chi connectivity index (χ0n) is 13.5. The van der Waals surface area contributed by atoms with Crippen molar-refractivity contribution < 1.29 is 4.39 Å². The Balaban J connectivity index is 2.03. The monoisotopic (exact) mass is 337 g/mol. The molecule has 0 saturated heterocycles. The number of halogens is 2. The number of nitrogens with zero attached hydrogens (tertiary/aromatic N) is 3. The maximum absolute atomic E-state index is 13.2. The largest absolute Gasteiger partial charge is 0.354 e. The summed E-state index contributed by atoms with van der Waals surface area (Å²) in [6, 6.07) is 6.28. The molecule has 23 heavy (non-hydrogen) atoms. The summed E-state index contributed by atoms with van der Waals surface area (Å²) in [5.41, 5.74) is 1.51. The molecule has 1 aromatic carbocycles. The summed E-state index contributed by atoms with van der Waals surface area (Å²) in [5, 5.41) is 6.40. The standard InChI is InChI=1S/C16H21ClFN5/c1-11-9-15(21-12-5-6-14(18)13(17)10-12)22-16(20-11)19-7-4-8-23(2)3/h5-6,9-10H,4,7-8H2,1-3H3,(H2,19,20,21,22). The van der Waals surface area contributed by atoms with E-state index in [0.717, 1.165) is 25.2 Å². The Hall–Kier alpha value is -1.92. The maximum Gasteiger partial charge on any atom is 0.224 e. The molecule has 0 saturated carbocycles. The third-order valence-electron chi connectivity index (χ3n) is 3.11. The van der Waals surface area contributed by atoms with Gasteiger partial charge in [-0.05, 0) is 52.2 Å². The normalized spacial score (nSPS) is 10.9. The minimum Gasteiger partial charge on any atom is -0.354 e. The van der Waals surface area contributed by atoms with Crippen LogP contribution in [-0.2, 0) is 0 Å². The van der Waals surface area contributed by atoms with Crippen molar-refractivity contribution in [3.05, 3.63) is 40.8 Å². The fourth-order valence-electron chi connectivity index (χ4n) is 2.03. The number of anilines is 3. The van der Waals surface area contributed by atoms with Crippen LogP contribution in [0.1, 0.15) is 12.1 Å². The molecule has 2 aromatic rings. The van der Waals surface area contributed by atoms with Crippen LogP contribution in [0.25, 0.3) is 0 Å². The Morgan fingerprint density at radius 3 is 2.70 bits per heavy atom. The first-order valence-electron chi connectivity index (χ1n) is 7.40. The first-order valence-corrected chi connectivity index (χ1v) is 7.78. The molecular weight excluding hydrogens is 317 g/mol. The molecule has 0 fully saturated rings. The molecule has 0 amide bonds. The van der Waals surface area contributed by atoms with E-state index in [-0.39, 0.29) is 5.02 Å². The van der Waals surface area contributed by atoms with E-state index < -0.39 is 5.82 Å². The Morgan fingerprint density at radius 2 is 2.00 bits per heavy atom. The number of benzene rings is 1. The zero-order chi connectivity index (χ0) is 16.8. The van der Waals surface area contributed by atoms with Crippen LogP contribution in [-0.4, -0.2) is 42.1 Å². The molecule has 2 N–H and O–H groups in total. The molecular formula is C16H21ClFN5. The SMILES string of the molecule is Cc1cc(Nc2ccc(F)c(Cl)c2)nc(NCCCN(C)C)n1. The first kappa shape index (κ1) is 17.4. The number of nitrogens with one attached hydrogen (secondary N) is 2. The van der Waals surface area contributed by atoms with Crippen LogP contribution in [0.3, 0.4) is 0 Å². The molecule has 0 spiro atoms. The van der Waals surface area contributed by atoms with E-state index in [9.17, 15) is 4.39 Å². The molecule has 5 nitrogen and oxygen atoms in total. The molecule has 0 aliphatic heterocycles. The van der Waals surface area contributed by atoms with Gasteiger partial charge in [0.2, 0.25) is 5.95 Å². The molecule has 0 bridgehead atoms. The van der Waals surface area contributed by atoms with Crippen LogP contribution < -0.4 is 10.6 Å². The quantitative estimate of drug-likeness (QED) is 0.755. The summed E-state index contributed by atoms with van der Waals surface area (Å²) in [5.74, 6) is 0.758. The molecule has 0 radical (unpaired) electrons. The van der Waals surface area contributed by atoms with Crippen molar-refractivity contribution in [2.75, 3.05) is 37.8 Å². The van der Waals surface area contributed by atoms with Crippen molar-refractivity contribution >= 4 is 29.1 Å². The van der Waals surface area contributed by atoms with Crippen molar-refractivity contribution in [3.8, 4) is 0 Å². The molecule has 7 heteroatoms. The highest BCUT2D eigenvalue weighted by Gasteiger charge is 2.05. The number of aryl methyl sites for hydroxylation is 1. The van der Waals surface area contributed by atoms with E-state index in [1.807, 2.05) is 27.1 Å².